The molecule has 4 N–H and O–H groups in total. The van der Waals surface area contributed by atoms with Crippen molar-refractivity contribution in [3.63, 3.8) is 0 Å². The lowest BCUT2D eigenvalue weighted by Crippen LogP contribution is -2.33. The maximum absolute atomic E-state index is 11.7. The van der Waals surface area contributed by atoms with Gasteiger partial charge >= 0.3 is 0 Å². The number of benzene rings is 1. The van der Waals surface area contributed by atoms with E-state index in [2.05, 4.69) is 4.90 Å². The van der Waals surface area contributed by atoms with E-state index in [-0.39, 0.29) is 11.0 Å². The first-order valence-electron chi connectivity index (χ1n) is 7.12. The summed E-state index contributed by atoms with van der Waals surface area (Å²) in [7, 11) is -3.79. The van der Waals surface area contributed by atoms with Crippen LogP contribution in [0.5, 0.6) is 0 Å². The first kappa shape index (κ1) is 16.1. The van der Waals surface area contributed by atoms with Gasteiger partial charge in [-0.15, -0.1) is 0 Å². The maximum Gasteiger partial charge on any atom is 0.238 e. The molecule has 7 heteroatoms. The summed E-state index contributed by atoms with van der Waals surface area (Å²) in [5, 5.41) is 5.27. The fourth-order valence-corrected chi connectivity index (χ4v) is 3.58. The third-order valence-electron chi connectivity index (χ3n) is 3.83. The SMILES string of the molecule is CCN(CC1CCCO1)c1cc(N)cc(S(N)(=O)=O)c1C. The summed E-state index contributed by atoms with van der Waals surface area (Å²) < 4.78 is 29.0. The van der Waals surface area contributed by atoms with Crippen LogP contribution >= 0.6 is 0 Å². The van der Waals surface area contributed by atoms with Crippen LogP contribution in [0.25, 0.3) is 0 Å². The molecule has 1 saturated heterocycles. The average Bonchev–Trinajstić information content (AvgIpc) is 2.90. The number of likely N-dealkylation sites (N-methyl/N-ethyl adjacent to an activating group) is 1. The van der Waals surface area contributed by atoms with Crippen molar-refractivity contribution >= 4 is 21.4 Å². The van der Waals surface area contributed by atoms with Gasteiger partial charge in [0.05, 0.1) is 11.0 Å². The van der Waals surface area contributed by atoms with Crippen LogP contribution in [0.3, 0.4) is 0 Å². The second-order valence-corrected chi connectivity index (χ2v) is 6.91. The van der Waals surface area contributed by atoms with Crippen molar-refractivity contribution in [3.05, 3.63) is 17.7 Å². The van der Waals surface area contributed by atoms with Gasteiger partial charge in [0.1, 0.15) is 0 Å². The minimum Gasteiger partial charge on any atom is -0.399 e. The van der Waals surface area contributed by atoms with Gasteiger partial charge in [-0.2, -0.15) is 0 Å². The molecule has 0 bridgehead atoms. The van der Waals surface area contributed by atoms with E-state index in [1.165, 1.54) is 6.07 Å². The van der Waals surface area contributed by atoms with Gasteiger partial charge in [-0.25, -0.2) is 13.6 Å². The molecule has 1 aromatic rings. The number of primary sulfonamides is 1. The number of anilines is 2. The minimum absolute atomic E-state index is 0.0864. The zero-order chi connectivity index (χ0) is 15.6. The molecule has 2 rings (SSSR count). The Morgan fingerprint density at radius 3 is 2.67 bits per heavy atom. The molecule has 0 aromatic heterocycles. The summed E-state index contributed by atoms with van der Waals surface area (Å²) in [6.07, 6.45) is 2.28. The number of hydrogen-bond donors (Lipinski definition) is 2. The minimum atomic E-state index is -3.79. The van der Waals surface area contributed by atoms with Crippen LogP contribution in [0.1, 0.15) is 25.3 Å². The first-order chi connectivity index (χ1) is 9.82. The lowest BCUT2D eigenvalue weighted by molar-refractivity contribution is 0.115. The van der Waals surface area contributed by atoms with E-state index in [1.807, 2.05) is 6.92 Å². The zero-order valence-electron chi connectivity index (χ0n) is 12.5. The zero-order valence-corrected chi connectivity index (χ0v) is 13.3. The van der Waals surface area contributed by atoms with Gasteiger partial charge in [-0.1, -0.05) is 0 Å². The lowest BCUT2D eigenvalue weighted by atomic mass is 10.1. The third kappa shape index (κ3) is 3.66. The van der Waals surface area contributed by atoms with Crippen molar-refractivity contribution in [2.24, 2.45) is 5.14 Å². The largest absolute Gasteiger partial charge is 0.399 e. The molecule has 0 amide bonds. The molecule has 6 nitrogen and oxygen atoms in total. The summed E-state index contributed by atoms with van der Waals surface area (Å²) in [5.41, 5.74) is 7.68. The van der Waals surface area contributed by atoms with Crippen LogP contribution < -0.4 is 15.8 Å². The van der Waals surface area contributed by atoms with Crippen LogP contribution in [0.2, 0.25) is 0 Å². The molecule has 1 aliphatic rings. The standard InChI is InChI=1S/C14H23N3O3S/c1-3-17(9-12-5-4-6-20-12)13-7-11(15)8-14(10(13)2)21(16,18)19/h7-8,12H,3-6,9,15H2,1-2H3,(H2,16,18,19). The van der Waals surface area contributed by atoms with E-state index in [0.29, 0.717) is 11.3 Å². The Balaban J connectivity index is 2.38. The van der Waals surface area contributed by atoms with E-state index in [4.69, 9.17) is 15.6 Å². The molecule has 1 aromatic carbocycles. The Bertz CT molecular complexity index is 610. The predicted molar refractivity (Wildman–Crippen MR) is 83.8 cm³/mol. The first-order valence-corrected chi connectivity index (χ1v) is 8.67. The summed E-state index contributed by atoms with van der Waals surface area (Å²) in [5.74, 6) is 0. The topological polar surface area (TPSA) is 98.7 Å². The Hall–Kier alpha value is -1.31. The van der Waals surface area contributed by atoms with E-state index >= 15 is 0 Å². The number of sulfonamides is 1. The van der Waals surface area contributed by atoms with Crippen LogP contribution in [-0.4, -0.2) is 34.2 Å². The fraction of sp³-hybridized carbons (Fsp3) is 0.571. The number of nitrogen functional groups attached to an aromatic ring is 1. The smallest absolute Gasteiger partial charge is 0.238 e. The Kier molecular flexibility index (Phi) is 4.75. The van der Waals surface area contributed by atoms with Gasteiger partial charge in [0, 0.05) is 31.1 Å². The van der Waals surface area contributed by atoms with Gasteiger partial charge in [0.25, 0.3) is 0 Å². The summed E-state index contributed by atoms with van der Waals surface area (Å²) >= 11 is 0. The second kappa shape index (κ2) is 6.21. The Labute approximate surface area is 126 Å². The highest BCUT2D eigenvalue weighted by atomic mass is 32.2. The molecule has 1 unspecified atom stereocenters. The van der Waals surface area contributed by atoms with E-state index in [9.17, 15) is 8.42 Å². The molecule has 0 saturated carbocycles. The van der Waals surface area contributed by atoms with Gasteiger partial charge in [-0.05, 0) is 44.4 Å². The van der Waals surface area contributed by atoms with Gasteiger partial charge in [0.2, 0.25) is 10.0 Å². The maximum atomic E-state index is 11.7. The highest BCUT2D eigenvalue weighted by Crippen LogP contribution is 2.30. The molecule has 118 valence electrons. The molecule has 1 aliphatic heterocycles. The van der Waals surface area contributed by atoms with E-state index in [0.717, 1.165) is 38.2 Å². The van der Waals surface area contributed by atoms with Crippen LogP contribution in [-0.2, 0) is 14.8 Å². The Morgan fingerprint density at radius 2 is 2.14 bits per heavy atom. The molecular weight excluding hydrogens is 290 g/mol. The number of rotatable bonds is 5. The lowest BCUT2D eigenvalue weighted by Gasteiger charge is -2.28. The summed E-state index contributed by atoms with van der Waals surface area (Å²) in [6.45, 7) is 6.04. The molecule has 1 fully saturated rings. The van der Waals surface area contributed by atoms with Crippen LogP contribution in [0, 0.1) is 6.92 Å². The van der Waals surface area contributed by atoms with Crippen molar-refractivity contribution < 1.29 is 13.2 Å². The molecule has 1 atom stereocenters. The average molecular weight is 313 g/mol. The van der Waals surface area contributed by atoms with Crippen molar-refractivity contribution in [2.45, 2.75) is 37.7 Å². The van der Waals surface area contributed by atoms with Crippen molar-refractivity contribution in [1.82, 2.24) is 0 Å². The molecule has 1 heterocycles. The van der Waals surface area contributed by atoms with Gasteiger partial charge in [0.15, 0.2) is 0 Å². The van der Waals surface area contributed by atoms with Crippen LogP contribution in [0.4, 0.5) is 11.4 Å². The van der Waals surface area contributed by atoms with Gasteiger partial charge in [-0.3, -0.25) is 0 Å². The number of nitrogens with zero attached hydrogens (tertiary/aromatic N) is 1. The summed E-state index contributed by atoms with van der Waals surface area (Å²) in [6, 6.07) is 3.20. The molecule has 21 heavy (non-hydrogen) atoms. The van der Waals surface area contributed by atoms with Crippen molar-refractivity contribution in [3.8, 4) is 0 Å². The Morgan fingerprint density at radius 1 is 1.43 bits per heavy atom. The summed E-state index contributed by atoms with van der Waals surface area (Å²) in [4.78, 5) is 2.18. The number of hydrogen-bond acceptors (Lipinski definition) is 5. The van der Waals surface area contributed by atoms with Crippen molar-refractivity contribution in [1.29, 1.82) is 0 Å². The molecular formula is C14H23N3O3S. The van der Waals surface area contributed by atoms with Crippen molar-refractivity contribution in [2.75, 3.05) is 30.3 Å². The van der Waals surface area contributed by atoms with Gasteiger partial charge < -0.3 is 15.4 Å². The fourth-order valence-electron chi connectivity index (χ4n) is 2.75. The normalized spacial score (nSPS) is 18.9. The molecule has 0 spiro atoms. The van der Waals surface area contributed by atoms with E-state index < -0.39 is 10.0 Å². The quantitative estimate of drug-likeness (QED) is 0.797. The third-order valence-corrected chi connectivity index (χ3v) is 4.87. The predicted octanol–water partition coefficient (Wildman–Crippen LogP) is 1.23. The molecule has 0 aliphatic carbocycles. The number of ether oxygens (including phenoxy) is 1. The van der Waals surface area contributed by atoms with Crippen LogP contribution in [0.15, 0.2) is 17.0 Å². The number of nitrogens with two attached hydrogens (primary N) is 2. The van der Waals surface area contributed by atoms with E-state index in [1.54, 1.807) is 13.0 Å². The monoisotopic (exact) mass is 313 g/mol. The highest BCUT2D eigenvalue weighted by molar-refractivity contribution is 7.89. The molecule has 0 radical (unpaired) electrons. The second-order valence-electron chi connectivity index (χ2n) is 5.38. The highest BCUT2D eigenvalue weighted by Gasteiger charge is 2.22.